The van der Waals surface area contributed by atoms with Gasteiger partial charge in [0.25, 0.3) is 5.91 Å². The van der Waals surface area contributed by atoms with Gasteiger partial charge in [0.2, 0.25) is 5.91 Å². The molecule has 2 N–H and O–H groups in total. The Kier molecular flexibility index (Phi) is 5.89. The van der Waals surface area contributed by atoms with E-state index in [-0.39, 0.29) is 24.1 Å². The van der Waals surface area contributed by atoms with Crippen LogP contribution in [0, 0.1) is 0 Å². The molecule has 2 amide bonds. The summed E-state index contributed by atoms with van der Waals surface area (Å²) in [7, 11) is 1.88. The van der Waals surface area contributed by atoms with Gasteiger partial charge in [0, 0.05) is 25.0 Å². The van der Waals surface area contributed by atoms with Crippen molar-refractivity contribution >= 4 is 23.2 Å². The van der Waals surface area contributed by atoms with Crippen LogP contribution in [0.2, 0.25) is 0 Å². The van der Waals surface area contributed by atoms with Crippen molar-refractivity contribution in [3.63, 3.8) is 0 Å². The van der Waals surface area contributed by atoms with Gasteiger partial charge >= 0.3 is 0 Å². The second-order valence-electron chi connectivity index (χ2n) is 6.10. The smallest absolute Gasteiger partial charge is 0.291 e. The van der Waals surface area contributed by atoms with E-state index in [4.69, 9.17) is 4.42 Å². The first-order chi connectivity index (χ1) is 13.1. The molecule has 0 aliphatic carbocycles. The Morgan fingerprint density at radius 2 is 1.70 bits per heavy atom. The normalized spacial score (nSPS) is 10.3. The third-order valence-corrected chi connectivity index (χ3v) is 4.02. The number of para-hydroxylation sites is 1. The summed E-state index contributed by atoms with van der Waals surface area (Å²) in [5, 5.41) is 5.65. The van der Waals surface area contributed by atoms with E-state index in [0.29, 0.717) is 12.2 Å². The van der Waals surface area contributed by atoms with Crippen molar-refractivity contribution in [2.75, 3.05) is 23.8 Å². The van der Waals surface area contributed by atoms with E-state index < -0.39 is 0 Å². The maximum absolute atomic E-state index is 12.1. The molecule has 0 spiro atoms. The molecule has 0 saturated heterocycles. The molecule has 6 heteroatoms. The minimum atomic E-state index is -0.301. The summed E-state index contributed by atoms with van der Waals surface area (Å²) >= 11 is 0. The van der Waals surface area contributed by atoms with Gasteiger partial charge in [-0.25, -0.2) is 0 Å². The molecule has 2 aromatic carbocycles. The first kappa shape index (κ1) is 18.3. The maximum Gasteiger partial charge on any atom is 0.291 e. The van der Waals surface area contributed by atoms with Crippen LogP contribution in [0.5, 0.6) is 0 Å². The molecule has 0 fully saturated rings. The zero-order chi connectivity index (χ0) is 19.1. The summed E-state index contributed by atoms with van der Waals surface area (Å²) in [6, 6.07) is 20.3. The van der Waals surface area contributed by atoms with E-state index >= 15 is 0 Å². The maximum atomic E-state index is 12.1. The summed E-state index contributed by atoms with van der Waals surface area (Å²) in [6.45, 7) is 0.704. The lowest BCUT2D eigenvalue weighted by atomic mass is 10.2. The quantitative estimate of drug-likeness (QED) is 0.676. The number of hydrogen-bond donors (Lipinski definition) is 2. The van der Waals surface area contributed by atoms with E-state index in [1.54, 1.807) is 24.3 Å². The van der Waals surface area contributed by atoms with Gasteiger partial charge in [0.1, 0.15) is 0 Å². The summed E-state index contributed by atoms with van der Waals surface area (Å²) in [6.07, 6.45) is 1.45. The largest absolute Gasteiger partial charge is 0.459 e. The minimum absolute atomic E-state index is 0.0587. The number of carbonyl (C=O) groups excluding carboxylic acids is 2. The SMILES string of the molecule is CN(CC(=O)NCc1ccc(NC(=O)c2ccco2)cc1)c1ccccc1. The van der Waals surface area contributed by atoms with Crippen LogP contribution in [0.4, 0.5) is 11.4 Å². The van der Waals surface area contributed by atoms with Gasteiger partial charge in [-0.1, -0.05) is 30.3 Å². The molecule has 1 heterocycles. The average molecular weight is 363 g/mol. The van der Waals surface area contributed by atoms with Crippen LogP contribution in [-0.4, -0.2) is 25.4 Å². The van der Waals surface area contributed by atoms with Gasteiger partial charge in [-0.2, -0.15) is 0 Å². The van der Waals surface area contributed by atoms with Gasteiger partial charge in [0.05, 0.1) is 12.8 Å². The number of hydrogen-bond acceptors (Lipinski definition) is 4. The van der Waals surface area contributed by atoms with Crippen molar-refractivity contribution in [2.45, 2.75) is 6.54 Å². The zero-order valence-corrected chi connectivity index (χ0v) is 15.0. The van der Waals surface area contributed by atoms with Crippen molar-refractivity contribution in [1.82, 2.24) is 5.32 Å². The number of nitrogens with zero attached hydrogens (tertiary/aromatic N) is 1. The number of anilines is 2. The molecule has 6 nitrogen and oxygen atoms in total. The molecular weight excluding hydrogens is 342 g/mol. The number of furan rings is 1. The van der Waals surface area contributed by atoms with E-state index in [9.17, 15) is 9.59 Å². The third kappa shape index (κ3) is 5.22. The number of nitrogens with one attached hydrogen (secondary N) is 2. The first-order valence-electron chi connectivity index (χ1n) is 8.58. The van der Waals surface area contributed by atoms with E-state index in [1.807, 2.05) is 54.4 Å². The van der Waals surface area contributed by atoms with Gasteiger partial charge in [-0.05, 0) is 42.0 Å². The highest BCUT2D eigenvalue weighted by Gasteiger charge is 2.09. The molecule has 0 saturated carbocycles. The molecule has 1 aromatic heterocycles. The molecule has 0 unspecified atom stereocenters. The van der Waals surface area contributed by atoms with Gasteiger partial charge in [-0.3, -0.25) is 9.59 Å². The highest BCUT2D eigenvalue weighted by atomic mass is 16.3. The molecular formula is C21H21N3O3. The standard InChI is InChI=1S/C21H21N3O3/c1-24(18-6-3-2-4-7-18)15-20(25)22-14-16-9-11-17(12-10-16)23-21(26)19-8-5-13-27-19/h2-13H,14-15H2,1H3,(H,22,25)(H,23,26). The lowest BCUT2D eigenvalue weighted by Gasteiger charge is -2.18. The lowest BCUT2D eigenvalue weighted by molar-refractivity contribution is -0.119. The lowest BCUT2D eigenvalue weighted by Crippen LogP contribution is -2.34. The Labute approximate surface area is 157 Å². The number of amides is 2. The summed E-state index contributed by atoms with van der Waals surface area (Å²) in [4.78, 5) is 25.9. The molecule has 0 aliphatic heterocycles. The van der Waals surface area contributed by atoms with Crippen LogP contribution >= 0.6 is 0 Å². The third-order valence-electron chi connectivity index (χ3n) is 4.02. The molecule has 0 atom stereocenters. The topological polar surface area (TPSA) is 74.6 Å². The van der Waals surface area contributed by atoms with Crippen molar-refractivity contribution in [2.24, 2.45) is 0 Å². The Bertz CT molecular complexity index is 875. The Balaban J connectivity index is 1.47. The minimum Gasteiger partial charge on any atom is -0.459 e. The zero-order valence-electron chi connectivity index (χ0n) is 15.0. The second-order valence-corrected chi connectivity index (χ2v) is 6.10. The summed E-state index contributed by atoms with van der Waals surface area (Å²) in [5.74, 6) is -0.101. The molecule has 3 aromatic rings. The van der Waals surface area contributed by atoms with E-state index in [1.165, 1.54) is 6.26 Å². The molecule has 27 heavy (non-hydrogen) atoms. The Morgan fingerprint density at radius 1 is 0.963 bits per heavy atom. The summed E-state index contributed by atoms with van der Waals surface area (Å²) < 4.78 is 5.06. The molecule has 138 valence electrons. The second kappa shape index (κ2) is 8.71. The monoisotopic (exact) mass is 363 g/mol. The van der Waals surface area contributed by atoms with Crippen molar-refractivity contribution < 1.29 is 14.0 Å². The fourth-order valence-electron chi connectivity index (χ4n) is 2.55. The Hall–Kier alpha value is -3.54. The Morgan fingerprint density at radius 3 is 2.37 bits per heavy atom. The highest BCUT2D eigenvalue weighted by Crippen LogP contribution is 2.12. The predicted molar refractivity (Wildman–Crippen MR) is 105 cm³/mol. The van der Waals surface area contributed by atoms with Crippen molar-refractivity contribution in [1.29, 1.82) is 0 Å². The average Bonchev–Trinajstić information content (AvgIpc) is 3.23. The van der Waals surface area contributed by atoms with Crippen LogP contribution in [-0.2, 0) is 11.3 Å². The highest BCUT2D eigenvalue weighted by molar-refractivity contribution is 6.02. The first-order valence-corrected chi connectivity index (χ1v) is 8.58. The van der Waals surface area contributed by atoms with Crippen molar-refractivity contribution in [3.8, 4) is 0 Å². The van der Waals surface area contributed by atoms with Crippen LogP contribution in [0.3, 0.4) is 0 Å². The molecule has 0 bridgehead atoms. The van der Waals surface area contributed by atoms with E-state index in [0.717, 1.165) is 11.3 Å². The number of benzene rings is 2. The van der Waals surface area contributed by atoms with Crippen LogP contribution in [0.1, 0.15) is 16.1 Å². The molecule has 0 aliphatic rings. The number of carbonyl (C=O) groups is 2. The van der Waals surface area contributed by atoms with Gasteiger partial charge in [0.15, 0.2) is 5.76 Å². The predicted octanol–water partition coefficient (Wildman–Crippen LogP) is 3.28. The number of rotatable bonds is 7. The fraction of sp³-hybridized carbons (Fsp3) is 0.143. The van der Waals surface area contributed by atoms with Crippen LogP contribution < -0.4 is 15.5 Å². The molecule has 0 radical (unpaired) electrons. The summed E-state index contributed by atoms with van der Waals surface area (Å²) in [5.41, 5.74) is 2.60. The van der Waals surface area contributed by atoms with Crippen molar-refractivity contribution in [3.05, 3.63) is 84.3 Å². The van der Waals surface area contributed by atoms with E-state index in [2.05, 4.69) is 10.6 Å². The fourth-order valence-corrected chi connectivity index (χ4v) is 2.55. The van der Waals surface area contributed by atoms with Crippen LogP contribution in [0.25, 0.3) is 0 Å². The van der Waals surface area contributed by atoms with Gasteiger partial charge < -0.3 is 20.0 Å². The molecule has 3 rings (SSSR count). The van der Waals surface area contributed by atoms with Gasteiger partial charge in [-0.15, -0.1) is 0 Å². The van der Waals surface area contributed by atoms with Crippen LogP contribution in [0.15, 0.2) is 77.4 Å². The number of likely N-dealkylation sites (N-methyl/N-ethyl adjacent to an activating group) is 1.